The van der Waals surface area contributed by atoms with Crippen LogP contribution in [0.3, 0.4) is 0 Å². The first-order chi connectivity index (χ1) is 7.79. The number of nitrogens with zero attached hydrogens (tertiary/aromatic N) is 2. The summed E-state index contributed by atoms with van der Waals surface area (Å²) >= 11 is 0. The van der Waals surface area contributed by atoms with E-state index in [2.05, 4.69) is 27.1 Å². The van der Waals surface area contributed by atoms with E-state index in [1.54, 1.807) is 0 Å². The molecule has 2 N–H and O–H groups in total. The van der Waals surface area contributed by atoms with Gasteiger partial charge in [-0.15, -0.1) is 6.58 Å². The molecule has 0 radical (unpaired) electrons. The summed E-state index contributed by atoms with van der Waals surface area (Å²) in [7, 11) is 0. The van der Waals surface area contributed by atoms with Crippen molar-refractivity contribution < 1.29 is 0 Å². The third-order valence-corrected chi connectivity index (χ3v) is 3.04. The van der Waals surface area contributed by atoms with E-state index in [1.165, 1.54) is 19.3 Å². The van der Waals surface area contributed by atoms with Crippen molar-refractivity contribution in [2.45, 2.75) is 45.2 Å². The van der Waals surface area contributed by atoms with E-state index in [4.69, 9.17) is 0 Å². The van der Waals surface area contributed by atoms with E-state index in [0.717, 1.165) is 30.5 Å². The number of nitrogens with one attached hydrogen (secondary N) is 2. The van der Waals surface area contributed by atoms with Gasteiger partial charge in [0.2, 0.25) is 0 Å². The Morgan fingerprint density at radius 3 is 3.00 bits per heavy atom. The van der Waals surface area contributed by atoms with Crippen molar-refractivity contribution in [3.63, 3.8) is 0 Å². The zero-order valence-electron chi connectivity index (χ0n) is 9.87. The monoisotopic (exact) mass is 220 g/mol. The molecule has 1 atom stereocenters. The zero-order chi connectivity index (χ0) is 11.4. The van der Waals surface area contributed by atoms with Gasteiger partial charge in [0.25, 0.3) is 0 Å². The molecule has 1 aliphatic carbocycles. The van der Waals surface area contributed by atoms with Gasteiger partial charge in [0.05, 0.1) is 6.54 Å². The molecule has 16 heavy (non-hydrogen) atoms. The zero-order valence-corrected chi connectivity index (χ0v) is 9.87. The molecule has 1 aromatic heterocycles. The molecule has 2 rings (SSSR count). The third kappa shape index (κ3) is 3.17. The van der Waals surface area contributed by atoms with Gasteiger partial charge in [-0.3, -0.25) is 5.10 Å². The molecule has 1 heterocycles. The predicted molar refractivity (Wildman–Crippen MR) is 63.9 cm³/mol. The van der Waals surface area contributed by atoms with E-state index in [-0.39, 0.29) is 0 Å². The second-order valence-electron chi connectivity index (χ2n) is 4.53. The molecule has 1 unspecified atom stereocenters. The Morgan fingerprint density at radius 1 is 1.62 bits per heavy atom. The van der Waals surface area contributed by atoms with Crippen LogP contribution in [0, 0.1) is 12.8 Å². The minimum absolute atomic E-state index is 0.608. The van der Waals surface area contributed by atoms with Crippen LogP contribution in [0.15, 0.2) is 12.7 Å². The van der Waals surface area contributed by atoms with Crippen molar-refractivity contribution in [1.82, 2.24) is 20.5 Å². The highest BCUT2D eigenvalue weighted by atomic mass is 15.2. The van der Waals surface area contributed by atoms with Crippen LogP contribution in [0.1, 0.15) is 37.3 Å². The van der Waals surface area contributed by atoms with Crippen LogP contribution >= 0.6 is 0 Å². The van der Waals surface area contributed by atoms with Gasteiger partial charge < -0.3 is 5.32 Å². The van der Waals surface area contributed by atoms with Gasteiger partial charge in [0, 0.05) is 6.04 Å². The van der Waals surface area contributed by atoms with Crippen molar-refractivity contribution in [2.75, 3.05) is 0 Å². The maximum atomic E-state index is 4.29. The average Bonchev–Trinajstić information content (AvgIpc) is 3.03. The summed E-state index contributed by atoms with van der Waals surface area (Å²) in [5, 5.41) is 10.5. The minimum atomic E-state index is 0.608. The van der Waals surface area contributed by atoms with Gasteiger partial charge in [-0.2, -0.15) is 5.10 Å². The highest BCUT2D eigenvalue weighted by molar-refractivity contribution is 4.92. The van der Waals surface area contributed by atoms with Crippen molar-refractivity contribution in [1.29, 1.82) is 0 Å². The number of hydrogen-bond acceptors (Lipinski definition) is 3. The highest BCUT2D eigenvalue weighted by Gasteiger charge is 2.30. The Morgan fingerprint density at radius 2 is 2.44 bits per heavy atom. The molecule has 1 saturated carbocycles. The molecule has 1 fully saturated rings. The summed E-state index contributed by atoms with van der Waals surface area (Å²) in [6, 6.07) is 0.608. The third-order valence-electron chi connectivity index (χ3n) is 3.04. The first kappa shape index (κ1) is 11.3. The maximum absolute atomic E-state index is 4.29. The first-order valence-electron chi connectivity index (χ1n) is 6.01. The number of allylic oxidation sites excluding steroid dienone is 1. The minimum Gasteiger partial charge on any atom is -0.307 e. The van der Waals surface area contributed by atoms with Gasteiger partial charge in [0.15, 0.2) is 5.82 Å². The molecule has 0 aliphatic heterocycles. The van der Waals surface area contributed by atoms with E-state index in [1.807, 2.05) is 13.0 Å². The Hall–Kier alpha value is -1.16. The largest absolute Gasteiger partial charge is 0.307 e. The van der Waals surface area contributed by atoms with Crippen molar-refractivity contribution >= 4 is 0 Å². The molecule has 0 amide bonds. The summed E-state index contributed by atoms with van der Waals surface area (Å²) in [5.41, 5.74) is 0. The molecule has 4 heteroatoms. The van der Waals surface area contributed by atoms with Crippen LogP contribution in [-0.2, 0) is 6.54 Å². The smallest absolute Gasteiger partial charge is 0.164 e. The Balaban J connectivity index is 1.79. The number of rotatable bonds is 7. The van der Waals surface area contributed by atoms with Crippen molar-refractivity contribution in [3.05, 3.63) is 24.3 Å². The molecule has 0 spiro atoms. The SMILES string of the molecule is C=CCCC(NCc1n[nH]c(C)n1)C1CC1. The lowest BCUT2D eigenvalue weighted by Crippen LogP contribution is -2.30. The van der Waals surface area contributed by atoms with Gasteiger partial charge in [0.1, 0.15) is 5.82 Å². The Labute approximate surface area is 96.6 Å². The number of aryl methyl sites for hydroxylation is 1. The number of aromatic nitrogens is 3. The van der Waals surface area contributed by atoms with E-state index < -0.39 is 0 Å². The molecule has 0 saturated heterocycles. The second kappa shape index (κ2) is 5.25. The van der Waals surface area contributed by atoms with Crippen molar-refractivity contribution in [3.8, 4) is 0 Å². The Kier molecular flexibility index (Phi) is 3.72. The van der Waals surface area contributed by atoms with Crippen molar-refractivity contribution in [2.24, 2.45) is 5.92 Å². The quantitative estimate of drug-likeness (QED) is 0.690. The lowest BCUT2D eigenvalue weighted by Gasteiger charge is -2.16. The fourth-order valence-corrected chi connectivity index (χ4v) is 1.99. The second-order valence-corrected chi connectivity index (χ2v) is 4.53. The van der Waals surface area contributed by atoms with Crippen LogP contribution in [0.25, 0.3) is 0 Å². The summed E-state index contributed by atoms with van der Waals surface area (Å²) in [4.78, 5) is 4.29. The molecule has 88 valence electrons. The molecular formula is C12H20N4. The van der Waals surface area contributed by atoms with E-state index in [9.17, 15) is 0 Å². The van der Waals surface area contributed by atoms with Gasteiger partial charge in [-0.1, -0.05) is 6.08 Å². The van der Waals surface area contributed by atoms with E-state index in [0.29, 0.717) is 6.04 Å². The Bertz CT molecular complexity index is 341. The van der Waals surface area contributed by atoms with Crippen LogP contribution < -0.4 is 5.32 Å². The molecule has 1 aliphatic rings. The lowest BCUT2D eigenvalue weighted by atomic mass is 10.1. The fraction of sp³-hybridized carbons (Fsp3) is 0.667. The summed E-state index contributed by atoms with van der Waals surface area (Å²) in [5.74, 6) is 2.60. The van der Waals surface area contributed by atoms with E-state index >= 15 is 0 Å². The number of hydrogen-bond donors (Lipinski definition) is 2. The van der Waals surface area contributed by atoms with Gasteiger partial charge in [-0.25, -0.2) is 4.98 Å². The normalized spacial score (nSPS) is 17.3. The molecular weight excluding hydrogens is 200 g/mol. The van der Waals surface area contributed by atoms with Crippen LogP contribution in [0.5, 0.6) is 0 Å². The summed E-state index contributed by atoms with van der Waals surface area (Å²) in [6.07, 6.45) is 6.98. The maximum Gasteiger partial charge on any atom is 0.164 e. The highest BCUT2D eigenvalue weighted by Crippen LogP contribution is 2.34. The first-order valence-corrected chi connectivity index (χ1v) is 6.01. The average molecular weight is 220 g/mol. The standard InChI is InChI=1S/C12H20N4/c1-3-4-5-11(10-6-7-10)13-8-12-14-9(2)15-16-12/h3,10-11,13H,1,4-8H2,2H3,(H,14,15,16). The summed E-state index contributed by atoms with van der Waals surface area (Å²) < 4.78 is 0. The van der Waals surface area contributed by atoms with Crippen LogP contribution in [0.2, 0.25) is 0 Å². The molecule has 1 aromatic rings. The van der Waals surface area contributed by atoms with Gasteiger partial charge >= 0.3 is 0 Å². The fourth-order valence-electron chi connectivity index (χ4n) is 1.99. The molecule has 4 nitrogen and oxygen atoms in total. The number of H-pyrrole nitrogens is 1. The summed E-state index contributed by atoms with van der Waals surface area (Å²) in [6.45, 7) is 6.47. The van der Waals surface area contributed by atoms with Gasteiger partial charge in [-0.05, 0) is 38.5 Å². The van der Waals surface area contributed by atoms with Crippen LogP contribution in [0.4, 0.5) is 0 Å². The molecule has 0 aromatic carbocycles. The topological polar surface area (TPSA) is 53.6 Å². The predicted octanol–water partition coefficient (Wildman–Crippen LogP) is 1.95. The lowest BCUT2D eigenvalue weighted by molar-refractivity contribution is 0.431. The number of aromatic amines is 1. The van der Waals surface area contributed by atoms with Crippen LogP contribution in [-0.4, -0.2) is 21.2 Å². The molecule has 0 bridgehead atoms.